The van der Waals surface area contributed by atoms with Gasteiger partial charge in [0, 0.05) is 32.2 Å². The maximum absolute atomic E-state index is 11.5. The summed E-state index contributed by atoms with van der Waals surface area (Å²) in [6, 6.07) is 4.50. The molecule has 0 aliphatic carbocycles. The van der Waals surface area contributed by atoms with Crippen LogP contribution in [0.5, 0.6) is 11.5 Å². The Bertz CT molecular complexity index is 560. The third kappa shape index (κ3) is 3.05. The molecule has 1 heterocycles. The zero-order valence-electron chi connectivity index (χ0n) is 11.7. The first-order valence-electron chi connectivity index (χ1n) is 6.50. The second-order valence-electron chi connectivity index (χ2n) is 5.08. The van der Waals surface area contributed by atoms with Crippen LogP contribution in [0, 0.1) is 0 Å². The molecule has 0 spiro atoms. The summed E-state index contributed by atoms with van der Waals surface area (Å²) >= 11 is 0. The number of rotatable bonds is 3. The summed E-state index contributed by atoms with van der Waals surface area (Å²) in [5, 5.41) is 19.8. The molecule has 1 aromatic carbocycles. The van der Waals surface area contributed by atoms with E-state index in [4.69, 9.17) is 0 Å². The first kappa shape index (κ1) is 15.1. The van der Waals surface area contributed by atoms with E-state index in [1.165, 1.54) is 22.7 Å². The second-order valence-corrected chi connectivity index (χ2v) is 7.07. The van der Waals surface area contributed by atoms with E-state index >= 15 is 0 Å². The summed E-state index contributed by atoms with van der Waals surface area (Å²) in [7, 11) is -3.15. The van der Waals surface area contributed by atoms with Crippen molar-refractivity contribution >= 4 is 10.0 Å². The average molecular weight is 300 g/mol. The van der Waals surface area contributed by atoms with Gasteiger partial charge in [0.15, 0.2) is 0 Å². The number of benzene rings is 1. The maximum atomic E-state index is 11.5. The van der Waals surface area contributed by atoms with Gasteiger partial charge < -0.3 is 10.2 Å². The van der Waals surface area contributed by atoms with Crippen LogP contribution in [0.25, 0.3) is 0 Å². The molecule has 1 aliphatic heterocycles. The largest absolute Gasteiger partial charge is 0.507 e. The van der Waals surface area contributed by atoms with Crippen LogP contribution in [0.3, 0.4) is 0 Å². The van der Waals surface area contributed by atoms with Gasteiger partial charge in [0.25, 0.3) is 0 Å². The van der Waals surface area contributed by atoms with Gasteiger partial charge in [-0.3, -0.25) is 4.90 Å². The highest BCUT2D eigenvalue weighted by atomic mass is 32.2. The van der Waals surface area contributed by atoms with Crippen molar-refractivity contribution in [2.75, 3.05) is 32.4 Å². The van der Waals surface area contributed by atoms with Crippen molar-refractivity contribution in [2.24, 2.45) is 0 Å². The zero-order chi connectivity index (χ0) is 14.9. The molecule has 6 nitrogen and oxygen atoms in total. The van der Waals surface area contributed by atoms with Gasteiger partial charge in [-0.05, 0) is 19.1 Å². The maximum Gasteiger partial charge on any atom is 0.211 e. The Balaban J connectivity index is 2.11. The van der Waals surface area contributed by atoms with Gasteiger partial charge in [-0.25, -0.2) is 8.42 Å². The Morgan fingerprint density at radius 1 is 1.10 bits per heavy atom. The molecule has 2 rings (SSSR count). The standard InChI is InChI=1S/C13H20N2O4S/c1-10(13-11(16)4-3-5-12(13)17)14-6-8-15(9-7-14)20(2,18)19/h3-5,10,16-17H,6-9H2,1-2H3. The first-order chi connectivity index (χ1) is 9.30. The molecule has 0 radical (unpaired) electrons. The van der Waals surface area contributed by atoms with Crippen LogP contribution in [-0.2, 0) is 10.0 Å². The van der Waals surface area contributed by atoms with Crippen LogP contribution >= 0.6 is 0 Å². The van der Waals surface area contributed by atoms with E-state index in [1.807, 2.05) is 6.92 Å². The fourth-order valence-electron chi connectivity index (χ4n) is 2.57. The number of hydrogen-bond acceptors (Lipinski definition) is 5. The highest BCUT2D eigenvalue weighted by molar-refractivity contribution is 7.88. The van der Waals surface area contributed by atoms with Crippen molar-refractivity contribution in [2.45, 2.75) is 13.0 Å². The second kappa shape index (κ2) is 5.59. The molecule has 7 heteroatoms. The monoisotopic (exact) mass is 300 g/mol. The molecule has 112 valence electrons. The van der Waals surface area contributed by atoms with Crippen LogP contribution in [0.15, 0.2) is 18.2 Å². The quantitative estimate of drug-likeness (QED) is 0.860. The minimum atomic E-state index is -3.15. The van der Waals surface area contributed by atoms with E-state index in [1.54, 1.807) is 6.07 Å². The molecule has 2 N–H and O–H groups in total. The Morgan fingerprint density at radius 3 is 2.05 bits per heavy atom. The van der Waals surface area contributed by atoms with Crippen molar-refractivity contribution in [3.05, 3.63) is 23.8 Å². The Morgan fingerprint density at radius 2 is 1.60 bits per heavy atom. The van der Waals surface area contributed by atoms with Crippen LogP contribution < -0.4 is 0 Å². The van der Waals surface area contributed by atoms with Gasteiger partial charge in [-0.15, -0.1) is 0 Å². The summed E-state index contributed by atoms with van der Waals surface area (Å²) in [5.74, 6) is 0.117. The van der Waals surface area contributed by atoms with Gasteiger partial charge in [-0.2, -0.15) is 4.31 Å². The van der Waals surface area contributed by atoms with Gasteiger partial charge in [-0.1, -0.05) is 6.07 Å². The molecular formula is C13H20N2O4S. The molecule has 20 heavy (non-hydrogen) atoms. The minimum absolute atomic E-state index is 0.0584. The molecule has 1 saturated heterocycles. The molecular weight excluding hydrogens is 280 g/mol. The molecule has 0 bridgehead atoms. The van der Waals surface area contributed by atoms with E-state index < -0.39 is 10.0 Å². The molecule has 0 amide bonds. The van der Waals surface area contributed by atoms with Crippen LogP contribution in [-0.4, -0.2) is 60.3 Å². The normalized spacial score (nSPS) is 19.9. The molecule has 0 aromatic heterocycles. The number of phenols is 2. The zero-order valence-corrected chi connectivity index (χ0v) is 12.5. The van der Waals surface area contributed by atoms with Crippen LogP contribution in [0.4, 0.5) is 0 Å². The Labute approximate surface area is 119 Å². The summed E-state index contributed by atoms with van der Waals surface area (Å²) < 4.78 is 24.4. The van der Waals surface area contributed by atoms with E-state index in [0.717, 1.165) is 0 Å². The van der Waals surface area contributed by atoms with Gasteiger partial charge >= 0.3 is 0 Å². The summed E-state index contributed by atoms with van der Waals surface area (Å²) in [5.41, 5.74) is 0.486. The molecule has 1 fully saturated rings. The molecule has 1 aromatic rings. The van der Waals surface area contributed by atoms with Crippen molar-refractivity contribution in [1.82, 2.24) is 9.21 Å². The van der Waals surface area contributed by atoms with Crippen molar-refractivity contribution in [3.63, 3.8) is 0 Å². The fourth-order valence-corrected chi connectivity index (χ4v) is 3.40. The SMILES string of the molecule is CC(c1c(O)cccc1O)N1CCN(S(C)(=O)=O)CC1. The lowest BCUT2D eigenvalue weighted by Gasteiger charge is -2.37. The topological polar surface area (TPSA) is 81.1 Å². The van der Waals surface area contributed by atoms with E-state index in [2.05, 4.69) is 4.90 Å². The fraction of sp³-hybridized carbons (Fsp3) is 0.538. The predicted octanol–water partition coefficient (Wildman–Crippen LogP) is 0.736. The van der Waals surface area contributed by atoms with E-state index in [0.29, 0.717) is 31.7 Å². The van der Waals surface area contributed by atoms with Crippen LogP contribution in [0.2, 0.25) is 0 Å². The third-order valence-electron chi connectivity index (χ3n) is 3.77. The lowest BCUT2D eigenvalue weighted by Crippen LogP contribution is -2.48. The number of piperazine rings is 1. The highest BCUT2D eigenvalue weighted by Crippen LogP contribution is 2.35. The highest BCUT2D eigenvalue weighted by Gasteiger charge is 2.28. The Kier molecular flexibility index (Phi) is 4.22. The van der Waals surface area contributed by atoms with E-state index in [9.17, 15) is 18.6 Å². The van der Waals surface area contributed by atoms with Gasteiger partial charge in [0.2, 0.25) is 10.0 Å². The van der Waals surface area contributed by atoms with Crippen molar-refractivity contribution in [1.29, 1.82) is 0 Å². The minimum Gasteiger partial charge on any atom is -0.507 e. The number of hydrogen-bond donors (Lipinski definition) is 2. The summed E-state index contributed by atoms with van der Waals surface area (Å²) in [4.78, 5) is 2.05. The third-order valence-corrected chi connectivity index (χ3v) is 5.07. The summed E-state index contributed by atoms with van der Waals surface area (Å²) in [6.45, 7) is 3.89. The van der Waals surface area contributed by atoms with E-state index in [-0.39, 0.29) is 17.5 Å². The molecule has 0 saturated carbocycles. The van der Waals surface area contributed by atoms with Crippen LogP contribution in [0.1, 0.15) is 18.5 Å². The Hall–Kier alpha value is -1.31. The number of sulfonamides is 1. The first-order valence-corrected chi connectivity index (χ1v) is 8.35. The van der Waals surface area contributed by atoms with Gasteiger partial charge in [0.1, 0.15) is 11.5 Å². The van der Waals surface area contributed by atoms with Crippen molar-refractivity contribution < 1.29 is 18.6 Å². The van der Waals surface area contributed by atoms with Crippen molar-refractivity contribution in [3.8, 4) is 11.5 Å². The lowest BCUT2D eigenvalue weighted by atomic mass is 10.0. The average Bonchev–Trinajstić information content (AvgIpc) is 2.37. The summed E-state index contributed by atoms with van der Waals surface area (Å²) in [6.07, 6.45) is 1.21. The number of nitrogens with zero attached hydrogens (tertiary/aromatic N) is 2. The smallest absolute Gasteiger partial charge is 0.211 e. The predicted molar refractivity (Wildman–Crippen MR) is 76.2 cm³/mol. The molecule has 1 aliphatic rings. The molecule has 1 unspecified atom stereocenters. The number of phenolic OH excluding ortho intramolecular Hbond substituents is 2. The van der Waals surface area contributed by atoms with Gasteiger partial charge in [0.05, 0.1) is 11.8 Å². The number of aromatic hydroxyl groups is 2. The lowest BCUT2D eigenvalue weighted by molar-refractivity contribution is 0.142. The molecule has 1 atom stereocenters.